The average Bonchev–Trinajstić information content (AvgIpc) is 2.97. The van der Waals surface area contributed by atoms with Gasteiger partial charge in [-0.2, -0.15) is 0 Å². The lowest BCUT2D eigenvalue weighted by molar-refractivity contribution is 0.176. The lowest BCUT2D eigenvalue weighted by atomic mass is 10.0. The second kappa shape index (κ2) is 5.29. The number of ether oxygens (including phenoxy) is 1. The van der Waals surface area contributed by atoms with Crippen LogP contribution in [0.2, 0.25) is 9.36 Å². The largest absolute Gasteiger partial charge is 0.493 e. The summed E-state index contributed by atoms with van der Waals surface area (Å²) in [6, 6.07) is 3.75. The van der Waals surface area contributed by atoms with E-state index in [1.165, 1.54) is 11.3 Å². The van der Waals surface area contributed by atoms with E-state index in [1.54, 1.807) is 6.20 Å². The molecule has 2 heterocycles. The molecule has 0 saturated heterocycles. The fourth-order valence-corrected chi connectivity index (χ4v) is 3.39. The van der Waals surface area contributed by atoms with Gasteiger partial charge in [0.15, 0.2) is 0 Å². The van der Waals surface area contributed by atoms with Crippen molar-refractivity contribution in [3.8, 4) is 5.75 Å². The van der Waals surface area contributed by atoms with E-state index in [2.05, 4.69) is 4.98 Å². The summed E-state index contributed by atoms with van der Waals surface area (Å²) in [5.41, 5.74) is 2.02. The van der Waals surface area contributed by atoms with Crippen molar-refractivity contribution >= 4 is 34.5 Å². The van der Waals surface area contributed by atoms with Gasteiger partial charge in [0.1, 0.15) is 21.2 Å². The monoisotopic (exact) mass is 315 g/mol. The lowest BCUT2D eigenvalue weighted by Crippen LogP contribution is -2.03. The molecule has 3 rings (SSSR count). The first-order valence-electron chi connectivity index (χ1n) is 5.87. The van der Waals surface area contributed by atoms with Gasteiger partial charge in [-0.25, -0.2) is 4.98 Å². The van der Waals surface area contributed by atoms with Crippen molar-refractivity contribution < 1.29 is 9.84 Å². The molecule has 1 N–H and O–H groups in total. The Hall–Kier alpha value is -0.810. The standard InChI is InChI=1S/C13H11Cl2NO2S/c14-9-3-7-1-2-18-12(7)8(4-9)5-10(17)13-16-6-11(15)19-13/h3-4,6,10,17H,1-2,5H2. The van der Waals surface area contributed by atoms with Crippen LogP contribution in [0.25, 0.3) is 0 Å². The van der Waals surface area contributed by atoms with Gasteiger partial charge in [-0.15, -0.1) is 11.3 Å². The Morgan fingerprint density at radius 1 is 1.42 bits per heavy atom. The molecule has 1 unspecified atom stereocenters. The third kappa shape index (κ3) is 2.72. The first kappa shape index (κ1) is 13.2. The summed E-state index contributed by atoms with van der Waals surface area (Å²) >= 11 is 13.2. The minimum Gasteiger partial charge on any atom is -0.493 e. The van der Waals surface area contributed by atoms with Crippen molar-refractivity contribution in [2.45, 2.75) is 18.9 Å². The fraction of sp³-hybridized carbons (Fsp3) is 0.308. The number of aliphatic hydroxyl groups is 1. The summed E-state index contributed by atoms with van der Waals surface area (Å²) in [4.78, 5) is 4.09. The van der Waals surface area contributed by atoms with Gasteiger partial charge < -0.3 is 9.84 Å². The van der Waals surface area contributed by atoms with E-state index < -0.39 is 6.10 Å². The van der Waals surface area contributed by atoms with Gasteiger partial charge in [0.25, 0.3) is 0 Å². The highest BCUT2D eigenvalue weighted by Gasteiger charge is 2.21. The Bertz CT molecular complexity index is 615. The smallest absolute Gasteiger partial charge is 0.126 e. The summed E-state index contributed by atoms with van der Waals surface area (Å²) in [5.74, 6) is 0.853. The number of nitrogens with zero attached hydrogens (tertiary/aromatic N) is 1. The maximum absolute atomic E-state index is 10.2. The van der Waals surface area contributed by atoms with Crippen LogP contribution in [0.1, 0.15) is 22.2 Å². The molecular weight excluding hydrogens is 305 g/mol. The number of fused-ring (bicyclic) bond motifs is 1. The first-order chi connectivity index (χ1) is 9.13. The molecular formula is C13H11Cl2NO2S. The van der Waals surface area contributed by atoms with E-state index in [4.69, 9.17) is 27.9 Å². The fourth-order valence-electron chi connectivity index (χ4n) is 2.21. The number of hydrogen-bond donors (Lipinski definition) is 1. The van der Waals surface area contributed by atoms with E-state index >= 15 is 0 Å². The Kier molecular flexibility index (Phi) is 3.67. The number of thiazole rings is 1. The molecule has 0 fully saturated rings. The summed E-state index contributed by atoms with van der Waals surface area (Å²) in [6.45, 7) is 0.669. The number of aromatic nitrogens is 1. The zero-order valence-corrected chi connectivity index (χ0v) is 12.2. The number of hydrogen-bond acceptors (Lipinski definition) is 4. The molecule has 0 saturated carbocycles. The Labute approximate surface area is 124 Å². The summed E-state index contributed by atoms with van der Waals surface area (Å²) < 4.78 is 6.18. The van der Waals surface area contributed by atoms with Gasteiger partial charge >= 0.3 is 0 Å². The Balaban J connectivity index is 1.87. The van der Waals surface area contributed by atoms with E-state index in [0.29, 0.717) is 27.4 Å². The van der Waals surface area contributed by atoms with E-state index in [0.717, 1.165) is 23.3 Å². The molecule has 0 amide bonds. The van der Waals surface area contributed by atoms with Gasteiger partial charge in [-0.3, -0.25) is 0 Å². The van der Waals surface area contributed by atoms with Crippen LogP contribution in [-0.2, 0) is 12.8 Å². The van der Waals surface area contributed by atoms with Crippen LogP contribution in [0.3, 0.4) is 0 Å². The molecule has 3 nitrogen and oxygen atoms in total. The SMILES string of the molecule is OC(Cc1cc(Cl)cc2c1OCC2)c1ncc(Cl)s1. The molecule has 0 bridgehead atoms. The molecule has 19 heavy (non-hydrogen) atoms. The quantitative estimate of drug-likeness (QED) is 0.939. The highest BCUT2D eigenvalue weighted by molar-refractivity contribution is 7.15. The normalized spacial score (nSPS) is 15.1. The second-order valence-electron chi connectivity index (χ2n) is 4.37. The van der Waals surface area contributed by atoms with Crippen LogP contribution >= 0.6 is 34.5 Å². The molecule has 1 aromatic heterocycles. The molecule has 1 aliphatic heterocycles. The first-order valence-corrected chi connectivity index (χ1v) is 7.44. The van der Waals surface area contributed by atoms with Gasteiger partial charge in [-0.05, 0) is 23.3 Å². The van der Waals surface area contributed by atoms with Gasteiger partial charge in [0, 0.05) is 17.9 Å². The van der Waals surface area contributed by atoms with Gasteiger partial charge in [-0.1, -0.05) is 23.2 Å². The van der Waals surface area contributed by atoms with Crippen LogP contribution in [0, 0.1) is 0 Å². The third-order valence-corrected chi connectivity index (χ3v) is 4.45. The summed E-state index contributed by atoms with van der Waals surface area (Å²) in [6.07, 6.45) is 2.14. The van der Waals surface area contributed by atoms with E-state index in [-0.39, 0.29) is 0 Å². The second-order valence-corrected chi connectivity index (χ2v) is 6.50. The predicted octanol–water partition coefficient (Wildman–Crippen LogP) is 3.66. The van der Waals surface area contributed by atoms with Gasteiger partial charge in [0.05, 0.1) is 12.8 Å². The van der Waals surface area contributed by atoms with Crippen LogP contribution in [-0.4, -0.2) is 16.7 Å². The molecule has 0 radical (unpaired) electrons. The molecule has 100 valence electrons. The van der Waals surface area contributed by atoms with E-state index in [1.807, 2.05) is 12.1 Å². The highest BCUT2D eigenvalue weighted by atomic mass is 35.5. The van der Waals surface area contributed by atoms with Crippen molar-refractivity contribution in [1.29, 1.82) is 0 Å². The van der Waals surface area contributed by atoms with Crippen LogP contribution < -0.4 is 4.74 Å². The van der Waals surface area contributed by atoms with E-state index in [9.17, 15) is 5.11 Å². The highest BCUT2D eigenvalue weighted by Crippen LogP contribution is 2.36. The Morgan fingerprint density at radius 2 is 2.26 bits per heavy atom. The minimum absolute atomic E-state index is 0.423. The molecule has 6 heteroatoms. The maximum atomic E-state index is 10.2. The third-order valence-electron chi connectivity index (χ3n) is 3.02. The lowest BCUT2D eigenvalue weighted by Gasteiger charge is -2.12. The number of rotatable bonds is 3. The Morgan fingerprint density at radius 3 is 3.00 bits per heavy atom. The molecule has 2 aromatic rings. The number of halogens is 2. The molecule has 0 aliphatic carbocycles. The molecule has 1 atom stereocenters. The topological polar surface area (TPSA) is 42.4 Å². The zero-order valence-electron chi connectivity index (χ0n) is 9.90. The number of aliphatic hydroxyl groups excluding tert-OH is 1. The average molecular weight is 316 g/mol. The van der Waals surface area contributed by atoms with Crippen LogP contribution in [0.5, 0.6) is 5.75 Å². The van der Waals surface area contributed by atoms with Crippen molar-refractivity contribution in [2.75, 3.05) is 6.61 Å². The van der Waals surface area contributed by atoms with Crippen LogP contribution in [0.15, 0.2) is 18.3 Å². The van der Waals surface area contributed by atoms with Gasteiger partial charge in [0.2, 0.25) is 0 Å². The van der Waals surface area contributed by atoms with Crippen molar-refractivity contribution in [1.82, 2.24) is 4.98 Å². The molecule has 1 aliphatic rings. The summed E-state index contributed by atoms with van der Waals surface area (Å²) in [7, 11) is 0. The predicted molar refractivity (Wildman–Crippen MR) is 76.4 cm³/mol. The maximum Gasteiger partial charge on any atom is 0.126 e. The molecule has 1 aromatic carbocycles. The number of benzene rings is 1. The minimum atomic E-state index is -0.690. The zero-order chi connectivity index (χ0) is 13.4. The van der Waals surface area contributed by atoms with Crippen LogP contribution in [0.4, 0.5) is 0 Å². The molecule has 0 spiro atoms. The van der Waals surface area contributed by atoms with Crippen molar-refractivity contribution in [2.24, 2.45) is 0 Å². The summed E-state index contributed by atoms with van der Waals surface area (Å²) in [5, 5.41) is 11.5. The van der Waals surface area contributed by atoms with Crippen molar-refractivity contribution in [3.05, 3.63) is 43.8 Å². The van der Waals surface area contributed by atoms with Crippen molar-refractivity contribution in [3.63, 3.8) is 0 Å².